The summed E-state index contributed by atoms with van der Waals surface area (Å²) in [5.74, 6) is -2.01. The van der Waals surface area contributed by atoms with Gasteiger partial charge in [-0.1, -0.05) is 0 Å². The van der Waals surface area contributed by atoms with Gasteiger partial charge in [0.1, 0.15) is 12.7 Å². The van der Waals surface area contributed by atoms with Crippen LogP contribution in [0.15, 0.2) is 0 Å². The van der Waals surface area contributed by atoms with Crippen LogP contribution in [-0.4, -0.2) is 62.4 Å². The highest BCUT2D eigenvalue weighted by Gasteiger charge is 2.51. The standard InChI is InChI=1S/C13H19FO8/c1-6(15)19-5-9-10(20-7(2)16)11(21-8(3)17)12(18-4)13(14)22-9/h9-13H,5H2,1-4H3/t9-,10-,11+,12-,13-/m1/s1. The van der Waals surface area contributed by atoms with Crippen LogP contribution in [0.3, 0.4) is 0 Å². The zero-order valence-electron chi connectivity index (χ0n) is 12.7. The van der Waals surface area contributed by atoms with E-state index in [-0.39, 0.29) is 6.61 Å². The molecule has 126 valence electrons. The molecule has 1 fully saturated rings. The molecule has 0 aromatic heterocycles. The largest absolute Gasteiger partial charge is 0.463 e. The van der Waals surface area contributed by atoms with Crippen LogP contribution in [0.1, 0.15) is 20.8 Å². The summed E-state index contributed by atoms with van der Waals surface area (Å²) in [4.78, 5) is 33.3. The van der Waals surface area contributed by atoms with Crippen molar-refractivity contribution in [2.45, 2.75) is 51.5 Å². The number of carbonyl (C=O) groups excluding carboxylic acids is 3. The van der Waals surface area contributed by atoms with Crippen molar-refractivity contribution >= 4 is 17.9 Å². The van der Waals surface area contributed by atoms with Gasteiger partial charge in [0.05, 0.1) is 0 Å². The maximum absolute atomic E-state index is 14.0. The lowest BCUT2D eigenvalue weighted by molar-refractivity contribution is -0.277. The van der Waals surface area contributed by atoms with E-state index in [0.717, 1.165) is 20.8 Å². The highest BCUT2D eigenvalue weighted by atomic mass is 19.1. The fraction of sp³-hybridized carbons (Fsp3) is 0.769. The van der Waals surface area contributed by atoms with Gasteiger partial charge in [0.25, 0.3) is 0 Å². The molecule has 1 saturated heterocycles. The lowest BCUT2D eigenvalue weighted by atomic mass is 9.99. The fourth-order valence-electron chi connectivity index (χ4n) is 2.10. The van der Waals surface area contributed by atoms with Crippen molar-refractivity contribution in [3.63, 3.8) is 0 Å². The molecular weight excluding hydrogens is 303 g/mol. The Bertz CT molecular complexity index is 426. The molecule has 1 heterocycles. The number of esters is 3. The van der Waals surface area contributed by atoms with Crippen LogP contribution in [-0.2, 0) is 38.1 Å². The molecule has 0 aromatic carbocycles. The van der Waals surface area contributed by atoms with Crippen LogP contribution in [0, 0.1) is 0 Å². The van der Waals surface area contributed by atoms with Gasteiger partial charge >= 0.3 is 17.9 Å². The highest BCUT2D eigenvalue weighted by Crippen LogP contribution is 2.29. The van der Waals surface area contributed by atoms with E-state index in [1.165, 1.54) is 7.11 Å². The number of halogens is 1. The number of methoxy groups -OCH3 is 1. The third-order valence-corrected chi connectivity index (χ3v) is 2.90. The lowest BCUT2D eigenvalue weighted by Gasteiger charge is -2.41. The van der Waals surface area contributed by atoms with Crippen molar-refractivity contribution in [3.05, 3.63) is 0 Å². The summed E-state index contributed by atoms with van der Waals surface area (Å²) in [6.45, 7) is 3.07. The smallest absolute Gasteiger partial charge is 0.303 e. The number of hydrogen-bond acceptors (Lipinski definition) is 8. The topological polar surface area (TPSA) is 97.4 Å². The number of rotatable bonds is 5. The molecule has 22 heavy (non-hydrogen) atoms. The van der Waals surface area contributed by atoms with Gasteiger partial charge in [0, 0.05) is 27.9 Å². The molecule has 0 unspecified atom stereocenters. The number of carbonyl (C=O) groups is 3. The van der Waals surface area contributed by atoms with Crippen molar-refractivity contribution < 1.29 is 42.5 Å². The van der Waals surface area contributed by atoms with Gasteiger partial charge in [-0.3, -0.25) is 14.4 Å². The van der Waals surface area contributed by atoms with Gasteiger partial charge in [0.15, 0.2) is 18.3 Å². The summed E-state index contributed by atoms with van der Waals surface area (Å²) in [6, 6.07) is 0. The zero-order chi connectivity index (χ0) is 16.9. The van der Waals surface area contributed by atoms with E-state index in [2.05, 4.69) is 0 Å². The Morgan fingerprint density at radius 3 is 1.95 bits per heavy atom. The van der Waals surface area contributed by atoms with E-state index in [0.29, 0.717) is 0 Å². The molecule has 0 radical (unpaired) electrons. The van der Waals surface area contributed by atoms with Crippen molar-refractivity contribution in [1.82, 2.24) is 0 Å². The predicted molar refractivity (Wildman–Crippen MR) is 68.3 cm³/mol. The Kier molecular flexibility index (Phi) is 6.69. The molecule has 0 aliphatic carbocycles. The minimum atomic E-state index is -1.94. The van der Waals surface area contributed by atoms with Gasteiger partial charge in [-0.05, 0) is 0 Å². The second-order valence-corrected chi connectivity index (χ2v) is 4.68. The minimum Gasteiger partial charge on any atom is -0.463 e. The lowest BCUT2D eigenvalue weighted by Crippen LogP contribution is -2.60. The van der Waals surface area contributed by atoms with Crippen LogP contribution in [0.25, 0.3) is 0 Å². The van der Waals surface area contributed by atoms with E-state index < -0.39 is 48.7 Å². The molecule has 1 aliphatic heterocycles. The Morgan fingerprint density at radius 2 is 1.50 bits per heavy atom. The Hall–Kier alpha value is -1.74. The van der Waals surface area contributed by atoms with E-state index >= 15 is 0 Å². The van der Waals surface area contributed by atoms with Crippen molar-refractivity contribution in [1.29, 1.82) is 0 Å². The number of alkyl halides is 1. The average molecular weight is 322 g/mol. The Labute approximate surface area is 126 Å². The third kappa shape index (κ3) is 4.92. The molecule has 0 aromatic rings. The quantitative estimate of drug-likeness (QED) is 0.520. The molecular formula is C13H19FO8. The molecule has 5 atom stereocenters. The van der Waals surface area contributed by atoms with E-state index in [4.69, 9.17) is 23.7 Å². The van der Waals surface area contributed by atoms with Gasteiger partial charge in [0.2, 0.25) is 6.36 Å². The van der Waals surface area contributed by atoms with Crippen LogP contribution >= 0.6 is 0 Å². The second-order valence-electron chi connectivity index (χ2n) is 4.68. The molecule has 0 N–H and O–H groups in total. The molecule has 0 spiro atoms. The van der Waals surface area contributed by atoms with Crippen LogP contribution in [0.4, 0.5) is 4.39 Å². The van der Waals surface area contributed by atoms with Gasteiger partial charge in [-0.25, -0.2) is 4.39 Å². The Morgan fingerprint density at radius 1 is 0.955 bits per heavy atom. The van der Waals surface area contributed by atoms with Crippen molar-refractivity contribution in [2.24, 2.45) is 0 Å². The van der Waals surface area contributed by atoms with E-state index in [9.17, 15) is 18.8 Å². The maximum Gasteiger partial charge on any atom is 0.303 e. The van der Waals surface area contributed by atoms with Crippen molar-refractivity contribution in [2.75, 3.05) is 13.7 Å². The van der Waals surface area contributed by atoms with Crippen LogP contribution in [0.2, 0.25) is 0 Å². The van der Waals surface area contributed by atoms with Gasteiger partial charge < -0.3 is 23.7 Å². The molecule has 0 saturated carbocycles. The number of hydrogen-bond donors (Lipinski definition) is 0. The summed E-state index contributed by atoms with van der Waals surface area (Å²) >= 11 is 0. The average Bonchev–Trinajstić information content (AvgIpc) is 2.39. The predicted octanol–water partition coefficient (Wildman–Crippen LogP) is 0.122. The molecule has 0 amide bonds. The SMILES string of the molecule is CO[C@@H]1[C@@H](OC(C)=O)[C@H](OC(C)=O)[C@@H](COC(C)=O)O[C@H]1F. The van der Waals surface area contributed by atoms with Crippen LogP contribution < -0.4 is 0 Å². The van der Waals surface area contributed by atoms with Crippen LogP contribution in [0.5, 0.6) is 0 Å². The first kappa shape index (κ1) is 18.3. The van der Waals surface area contributed by atoms with Gasteiger partial charge in [-0.15, -0.1) is 0 Å². The van der Waals surface area contributed by atoms with Crippen molar-refractivity contribution in [3.8, 4) is 0 Å². The third-order valence-electron chi connectivity index (χ3n) is 2.90. The molecule has 8 nitrogen and oxygen atoms in total. The number of ether oxygens (including phenoxy) is 5. The normalized spacial score (nSPS) is 31.2. The zero-order valence-corrected chi connectivity index (χ0v) is 12.7. The van der Waals surface area contributed by atoms with E-state index in [1.807, 2.05) is 0 Å². The fourth-order valence-corrected chi connectivity index (χ4v) is 2.10. The summed E-state index contributed by atoms with van der Waals surface area (Å²) < 4.78 is 38.8. The molecule has 9 heteroatoms. The summed E-state index contributed by atoms with van der Waals surface area (Å²) in [6.07, 6.45) is -6.74. The summed E-state index contributed by atoms with van der Waals surface area (Å²) in [5, 5.41) is 0. The molecule has 1 aliphatic rings. The maximum atomic E-state index is 14.0. The highest BCUT2D eigenvalue weighted by molar-refractivity contribution is 5.67. The second kappa shape index (κ2) is 8.04. The summed E-state index contributed by atoms with van der Waals surface area (Å²) in [5.41, 5.74) is 0. The molecule has 0 bridgehead atoms. The first-order valence-corrected chi connectivity index (χ1v) is 6.56. The first-order chi connectivity index (χ1) is 10.3. The summed E-state index contributed by atoms with van der Waals surface area (Å²) in [7, 11) is 1.20. The molecule has 1 rings (SSSR count). The Balaban J connectivity index is 3.01. The first-order valence-electron chi connectivity index (χ1n) is 6.56. The van der Waals surface area contributed by atoms with Gasteiger partial charge in [-0.2, -0.15) is 0 Å². The van der Waals surface area contributed by atoms with E-state index in [1.54, 1.807) is 0 Å². The monoisotopic (exact) mass is 322 g/mol. The minimum absolute atomic E-state index is 0.359.